The van der Waals surface area contributed by atoms with Crippen LogP contribution in [0.3, 0.4) is 0 Å². The number of benzene rings is 2. The molecular weight excluding hydrogens is 453 g/mol. The number of H-pyrrole nitrogens is 1. The number of nitrogens with zero attached hydrogens (tertiary/aromatic N) is 5. The fourth-order valence-electron chi connectivity index (χ4n) is 4.84. The van der Waals surface area contributed by atoms with Crippen LogP contribution in [0.25, 0.3) is 10.8 Å². The highest BCUT2D eigenvalue weighted by Gasteiger charge is 2.38. The zero-order valence-electron chi connectivity index (χ0n) is 18.8. The molecule has 0 bridgehead atoms. The van der Waals surface area contributed by atoms with Crippen LogP contribution < -0.4 is 11.0 Å². The summed E-state index contributed by atoms with van der Waals surface area (Å²) in [5.41, 5.74) is 5.19. The molecule has 1 saturated heterocycles. The zero-order valence-corrected chi connectivity index (χ0v) is 18.8. The third-order valence-electron chi connectivity index (χ3n) is 6.67. The van der Waals surface area contributed by atoms with Crippen molar-refractivity contribution >= 4 is 16.5 Å². The fourth-order valence-corrected chi connectivity index (χ4v) is 4.84. The third-order valence-corrected chi connectivity index (χ3v) is 6.67. The lowest BCUT2D eigenvalue weighted by Gasteiger charge is -2.30. The Morgan fingerprint density at radius 2 is 2.03 bits per heavy atom. The summed E-state index contributed by atoms with van der Waals surface area (Å²) in [6.07, 6.45) is 2.01. The summed E-state index contributed by atoms with van der Waals surface area (Å²) in [6, 6.07) is 10.6. The lowest BCUT2D eigenvalue weighted by atomic mass is 9.89. The molecule has 4 aromatic rings. The molecule has 2 atom stereocenters. The lowest BCUT2D eigenvalue weighted by Crippen LogP contribution is -2.36. The summed E-state index contributed by atoms with van der Waals surface area (Å²) in [5.74, 6) is -0.669. The quantitative estimate of drug-likeness (QED) is 0.386. The van der Waals surface area contributed by atoms with Gasteiger partial charge in [-0.2, -0.15) is 10.2 Å². The molecule has 0 amide bonds. The van der Waals surface area contributed by atoms with Crippen molar-refractivity contribution < 1.29 is 14.3 Å². The molecule has 4 heterocycles. The second-order valence-corrected chi connectivity index (χ2v) is 8.87. The Morgan fingerprint density at radius 1 is 1.20 bits per heavy atom. The molecule has 1 fully saturated rings. The van der Waals surface area contributed by atoms with E-state index in [0.29, 0.717) is 22.6 Å². The van der Waals surface area contributed by atoms with E-state index in [-0.39, 0.29) is 18.5 Å². The van der Waals surface area contributed by atoms with Crippen molar-refractivity contribution in [2.75, 3.05) is 25.2 Å². The number of aliphatic hydroxyl groups is 1. The Labute approximate surface area is 199 Å². The number of aliphatic hydroxyl groups excluding tert-OH is 1. The molecule has 2 aliphatic rings. The molecule has 0 aliphatic carbocycles. The van der Waals surface area contributed by atoms with Gasteiger partial charge in [0.15, 0.2) is 0 Å². The van der Waals surface area contributed by atoms with Gasteiger partial charge >= 0.3 is 0 Å². The van der Waals surface area contributed by atoms with E-state index in [1.165, 1.54) is 30.4 Å². The molecule has 2 aliphatic heterocycles. The highest BCUT2D eigenvalue weighted by Crippen LogP contribution is 2.44. The van der Waals surface area contributed by atoms with Crippen LogP contribution >= 0.6 is 0 Å². The minimum atomic E-state index is -0.633. The summed E-state index contributed by atoms with van der Waals surface area (Å²) in [5, 5.41) is 21.3. The van der Waals surface area contributed by atoms with Crippen LogP contribution in [0.2, 0.25) is 0 Å². The van der Waals surface area contributed by atoms with E-state index in [2.05, 4.69) is 42.8 Å². The van der Waals surface area contributed by atoms with Crippen LogP contribution in [0, 0.1) is 5.82 Å². The molecule has 0 spiro atoms. The smallest absolute Gasteiger partial charge is 0.272 e. The number of hydrogen-bond donors (Lipinski definition) is 3. The Kier molecular flexibility index (Phi) is 5.51. The first-order chi connectivity index (χ1) is 17.1. The van der Waals surface area contributed by atoms with Crippen LogP contribution in [-0.4, -0.2) is 54.7 Å². The summed E-state index contributed by atoms with van der Waals surface area (Å²) in [4.78, 5) is 25.5. The summed E-state index contributed by atoms with van der Waals surface area (Å²) < 4.78 is 16.0. The van der Waals surface area contributed by atoms with Gasteiger partial charge < -0.3 is 5.11 Å². The van der Waals surface area contributed by atoms with Crippen molar-refractivity contribution in [3.8, 4) is 0 Å². The van der Waals surface area contributed by atoms with Crippen molar-refractivity contribution in [1.29, 1.82) is 0 Å². The predicted octanol–water partition coefficient (Wildman–Crippen LogP) is 2.08. The van der Waals surface area contributed by atoms with Gasteiger partial charge in [0.1, 0.15) is 24.1 Å². The minimum absolute atomic E-state index is 0.131. The Hall–Kier alpha value is -3.67. The van der Waals surface area contributed by atoms with Crippen molar-refractivity contribution in [3.05, 3.63) is 81.5 Å². The first kappa shape index (κ1) is 21.8. The molecule has 10 nitrogen and oxygen atoms in total. The van der Waals surface area contributed by atoms with E-state index >= 15 is 0 Å². The molecule has 0 saturated carbocycles. The van der Waals surface area contributed by atoms with Crippen molar-refractivity contribution in [2.45, 2.75) is 31.5 Å². The van der Waals surface area contributed by atoms with Crippen molar-refractivity contribution in [1.82, 2.24) is 29.9 Å². The standard InChI is InChI=1S/C24H24FN7O3/c25-16-10-17-19-18(11-16)30-35-22(15-4-2-14(3-5-15)12-31-6-1-7-31)20(21(19)28-29-24(17)34)23-26-13-27-32(23)8-9-33/h2-5,10-11,13,20,22,30,33H,1,6-9,12H2,(H,29,34). The summed E-state index contributed by atoms with van der Waals surface area (Å²) in [7, 11) is 0. The van der Waals surface area contributed by atoms with Gasteiger partial charge in [-0.3, -0.25) is 20.0 Å². The molecule has 11 heteroatoms. The maximum Gasteiger partial charge on any atom is 0.272 e. The molecule has 2 aromatic heterocycles. The average Bonchev–Trinajstić information content (AvgIpc) is 3.21. The second kappa shape index (κ2) is 8.84. The van der Waals surface area contributed by atoms with Gasteiger partial charge in [-0.25, -0.2) is 19.2 Å². The maximum atomic E-state index is 14.4. The third kappa shape index (κ3) is 3.87. The van der Waals surface area contributed by atoms with Crippen molar-refractivity contribution in [2.24, 2.45) is 0 Å². The number of hydrogen-bond acceptors (Lipinski definition) is 8. The van der Waals surface area contributed by atoms with E-state index in [1.54, 1.807) is 4.68 Å². The monoisotopic (exact) mass is 477 g/mol. The van der Waals surface area contributed by atoms with Gasteiger partial charge in [0.2, 0.25) is 0 Å². The van der Waals surface area contributed by atoms with Gasteiger partial charge in [0, 0.05) is 11.9 Å². The first-order valence-electron chi connectivity index (χ1n) is 11.6. The molecule has 6 rings (SSSR count). The van der Waals surface area contributed by atoms with Gasteiger partial charge in [-0.15, -0.1) is 0 Å². The van der Waals surface area contributed by atoms with Crippen LogP contribution in [0.4, 0.5) is 10.1 Å². The van der Waals surface area contributed by atoms with Crippen LogP contribution in [0.5, 0.6) is 0 Å². The Morgan fingerprint density at radius 3 is 2.77 bits per heavy atom. The number of rotatable bonds is 6. The first-order valence-corrected chi connectivity index (χ1v) is 11.6. The highest BCUT2D eigenvalue weighted by atomic mass is 19.1. The maximum absolute atomic E-state index is 14.4. The molecule has 3 N–H and O–H groups in total. The number of aromatic amines is 1. The molecule has 2 unspecified atom stereocenters. The largest absolute Gasteiger partial charge is 0.394 e. The Balaban J connectivity index is 1.50. The van der Waals surface area contributed by atoms with Crippen LogP contribution in [0.15, 0.2) is 47.5 Å². The molecular formula is C24H24FN7O3. The average molecular weight is 478 g/mol. The summed E-state index contributed by atoms with van der Waals surface area (Å²) in [6.45, 7) is 3.22. The van der Waals surface area contributed by atoms with Crippen molar-refractivity contribution in [3.63, 3.8) is 0 Å². The van der Waals surface area contributed by atoms with Crippen LogP contribution in [-0.2, 0) is 17.9 Å². The number of aromatic nitrogens is 5. The highest BCUT2D eigenvalue weighted by molar-refractivity contribution is 5.95. The predicted molar refractivity (Wildman–Crippen MR) is 125 cm³/mol. The van der Waals surface area contributed by atoms with E-state index in [9.17, 15) is 14.3 Å². The SMILES string of the molecule is O=c1[nH]nc2c3c(cc(F)cc13)NOC(c1ccc(CN3CCC3)cc1)C2c1ncnn1CCO. The van der Waals surface area contributed by atoms with E-state index in [4.69, 9.17) is 4.84 Å². The second-order valence-electron chi connectivity index (χ2n) is 8.87. The van der Waals surface area contributed by atoms with Gasteiger partial charge in [-0.1, -0.05) is 24.3 Å². The number of nitrogens with one attached hydrogen (secondary N) is 2. The number of likely N-dealkylation sites (tertiary alicyclic amines) is 1. The zero-order chi connectivity index (χ0) is 23.9. The number of anilines is 1. The molecule has 2 aromatic carbocycles. The Bertz CT molecular complexity index is 1430. The van der Waals surface area contributed by atoms with Crippen LogP contribution in [0.1, 0.15) is 41.1 Å². The summed E-state index contributed by atoms with van der Waals surface area (Å²) >= 11 is 0. The van der Waals surface area contributed by atoms with E-state index in [1.807, 2.05) is 12.1 Å². The lowest BCUT2D eigenvalue weighted by molar-refractivity contribution is 0.0841. The molecule has 0 radical (unpaired) electrons. The topological polar surface area (TPSA) is 121 Å². The van der Waals surface area contributed by atoms with Gasteiger partial charge in [-0.05, 0) is 42.8 Å². The minimum Gasteiger partial charge on any atom is -0.394 e. The van der Waals surface area contributed by atoms with Gasteiger partial charge in [0.05, 0.1) is 35.8 Å². The molecule has 180 valence electrons. The van der Waals surface area contributed by atoms with E-state index < -0.39 is 23.4 Å². The van der Waals surface area contributed by atoms with Gasteiger partial charge in [0.25, 0.3) is 5.56 Å². The number of halogens is 1. The van der Waals surface area contributed by atoms with E-state index in [0.717, 1.165) is 25.2 Å². The normalized spacial score (nSPS) is 19.8. The fraction of sp³-hybridized carbons (Fsp3) is 0.333. The molecule has 35 heavy (non-hydrogen) atoms.